The molecule has 0 amide bonds. The van der Waals surface area contributed by atoms with E-state index < -0.39 is 11.5 Å². The molecule has 0 aliphatic heterocycles. The van der Waals surface area contributed by atoms with E-state index in [0.29, 0.717) is 25.1 Å². The maximum atomic E-state index is 11.8. The van der Waals surface area contributed by atoms with E-state index in [4.69, 9.17) is 11.3 Å². The fraction of sp³-hybridized carbons (Fsp3) is 0.857. The number of carbonyl (C=O) groups is 1. The van der Waals surface area contributed by atoms with Gasteiger partial charge >= 0.3 is 11.5 Å². The topological polar surface area (TPSA) is 33.9 Å². The van der Waals surface area contributed by atoms with Gasteiger partial charge in [0.25, 0.3) is 0 Å². The first-order valence-electron chi connectivity index (χ1n) is 6.60. The lowest BCUT2D eigenvalue weighted by atomic mass is 9.98. The first-order valence-corrected chi connectivity index (χ1v) is 6.60. The molecule has 0 bridgehead atoms. The van der Waals surface area contributed by atoms with Crippen LogP contribution in [0.15, 0.2) is 0 Å². The molecule has 18 heavy (non-hydrogen) atoms. The third-order valence-corrected chi connectivity index (χ3v) is 3.15. The molecular formula is C14H26N2O2. The van der Waals surface area contributed by atoms with Crippen molar-refractivity contribution >= 4 is 5.97 Å². The predicted molar refractivity (Wildman–Crippen MR) is 73.2 cm³/mol. The molecule has 0 aromatic carbocycles. The molecule has 0 aliphatic rings. The molecule has 0 spiro atoms. The van der Waals surface area contributed by atoms with Crippen LogP contribution in [-0.2, 0) is 9.53 Å². The van der Waals surface area contributed by atoms with Crippen LogP contribution in [0.2, 0.25) is 0 Å². The molecule has 4 nitrogen and oxygen atoms in total. The molecule has 4 heteroatoms. The normalized spacial score (nSPS) is 14.7. The Morgan fingerprint density at radius 1 is 1.33 bits per heavy atom. The van der Waals surface area contributed by atoms with Crippen molar-refractivity contribution < 1.29 is 9.53 Å². The average molecular weight is 254 g/mol. The molecule has 0 aliphatic carbocycles. The van der Waals surface area contributed by atoms with Gasteiger partial charge in [0, 0.05) is 32.0 Å². The quantitative estimate of drug-likeness (QED) is 0.517. The summed E-state index contributed by atoms with van der Waals surface area (Å²) in [5, 5.41) is 0. The Kier molecular flexibility index (Phi) is 6.93. The highest BCUT2D eigenvalue weighted by molar-refractivity contribution is 5.82. The third kappa shape index (κ3) is 4.66. The van der Waals surface area contributed by atoms with Crippen molar-refractivity contribution in [2.75, 3.05) is 13.2 Å². The Labute approximate surface area is 111 Å². The van der Waals surface area contributed by atoms with Gasteiger partial charge in [0.2, 0.25) is 0 Å². The molecule has 0 saturated heterocycles. The fourth-order valence-corrected chi connectivity index (χ4v) is 1.95. The van der Waals surface area contributed by atoms with Gasteiger partial charge in [-0.15, -0.1) is 0 Å². The van der Waals surface area contributed by atoms with Gasteiger partial charge in [0.1, 0.15) is 0 Å². The molecule has 0 aromatic rings. The standard InChI is InChI=1S/C14H26N2O2/c1-8-18-13(17)14(6,15-7)9-10-16(11(2)3)12(4)5/h11-12H,8-10H2,1-6H3. The minimum absolute atomic E-state index is 0.321. The summed E-state index contributed by atoms with van der Waals surface area (Å²) in [6.45, 7) is 20.2. The van der Waals surface area contributed by atoms with E-state index in [1.54, 1.807) is 13.8 Å². The van der Waals surface area contributed by atoms with Gasteiger partial charge in [-0.3, -0.25) is 9.74 Å². The van der Waals surface area contributed by atoms with Crippen LogP contribution in [0, 0.1) is 6.57 Å². The smallest absolute Gasteiger partial charge is 0.393 e. The zero-order chi connectivity index (χ0) is 14.3. The highest BCUT2D eigenvalue weighted by atomic mass is 16.5. The number of carbonyl (C=O) groups excluding carboxylic acids is 1. The molecule has 0 saturated carbocycles. The number of rotatable bonds is 7. The van der Waals surface area contributed by atoms with Crippen molar-refractivity contribution in [2.45, 2.75) is 65.6 Å². The van der Waals surface area contributed by atoms with Crippen molar-refractivity contribution in [1.29, 1.82) is 0 Å². The van der Waals surface area contributed by atoms with Gasteiger partial charge in [-0.2, -0.15) is 0 Å². The van der Waals surface area contributed by atoms with Crippen LogP contribution in [0.1, 0.15) is 48.0 Å². The van der Waals surface area contributed by atoms with Gasteiger partial charge in [-0.25, -0.2) is 11.4 Å². The van der Waals surface area contributed by atoms with Crippen LogP contribution < -0.4 is 0 Å². The van der Waals surface area contributed by atoms with E-state index in [0.717, 1.165) is 6.54 Å². The Bertz CT molecular complexity index is 299. The molecule has 0 aromatic heterocycles. The monoisotopic (exact) mass is 254 g/mol. The van der Waals surface area contributed by atoms with Crippen molar-refractivity contribution in [3.05, 3.63) is 11.4 Å². The highest BCUT2D eigenvalue weighted by Gasteiger charge is 2.42. The summed E-state index contributed by atoms with van der Waals surface area (Å²) in [7, 11) is 0. The Morgan fingerprint density at radius 2 is 1.83 bits per heavy atom. The summed E-state index contributed by atoms with van der Waals surface area (Å²) in [5.41, 5.74) is -1.06. The predicted octanol–water partition coefficient (Wildman–Crippen LogP) is 2.74. The molecule has 1 atom stereocenters. The summed E-state index contributed by atoms with van der Waals surface area (Å²) in [6.07, 6.45) is 0.506. The number of hydrogen-bond acceptors (Lipinski definition) is 3. The number of hydrogen-bond donors (Lipinski definition) is 0. The van der Waals surface area contributed by atoms with E-state index in [1.165, 1.54) is 0 Å². The Morgan fingerprint density at radius 3 is 2.17 bits per heavy atom. The summed E-state index contributed by atoms with van der Waals surface area (Å²) in [5.74, 6) is -0.410. The van der Waals surface area contributed by atoms with Crippen LogP contribution >= 0.6 is 0 Å². The molecule has 0 rings (SSSR count). The largest absolute Gasteiger partial charge is 0.460 e. The fourth-order valence-electron chi connectivity index (χ4n) is 1.95. The minimum atomic E-state index is -1.06. The van der Waals surface area contributed by atoms with Crippen molar-refractivity contribution in [3.63, 3.8) is 0 Å². The van der Waals surface area contributed by atoms with Gasteiger partial charge in [-0.1, -0.05) is 0 Å². The minimum Gasteiger partial charge on any atom is -0.460 e. The summed E-state index contributed by atoms with van der Waals surface area (Å²) in [6, 6.07) is 0.810. The van der Waals surface area contributed by atoms with E-state index >= 15 is 0 Å². The van der Waals surface area contributed by atoms with Crippen molar-refractivity contribution in [1.82, 2.24) is 4.90 Å². The average Bonchev–Trinajstić information content (AvgIpc) is 2.28. The summed E-state index contributed by atoms with van der Waals surface area (Å²) in [4.78, 5) is 17.6. The van der Waals surface area contributed by atoms with E-state index in [9.17, 15) is 4.79 Å². The van der Waals surface area contributed by atoms with Gasteiger partial charge in [0.15, 0.2) is 0 Å². The third-order valence-electron chi connectivity index (χ3n) is 3.15. The second kappa shape index (κ2) is 7.38. The van der Waals surface area contributed by atoms with Crippen molar-refractivity contribution in [2.24, 2.45) is 0 Å². The van der Waals surface area contributed by atoms with Gasteiger partial charge in [0.05, 0.1) is 6.61 Å². The lowest BCUT2D eigenvalue weighted by molar-refractivity contribution is -0.147. The lowest BCUT2D eigenvalue weighted by Crippen LogP contribution is -2.43. The molecule has 104 valence electrons. The van der Waals surface area contributed by atoms with E-state index in [2.05, 4.69) is 37.4 Å². The molecule has 1 unspecified atom stereocenters. The maximum absolute atomic E-state index is 11.8. The molecule has 0 radical (unpaired) electrons. The number of nitrogens with zero attached hydrogens (tertiary/aromatic N) is 2. The van der Waals surface area contributed by atoms with Crippen LogP contribution in [0.3, 0.4) is 0 Å². The molecule has 0 fully saturated rings. The van der Waals surface area contributed by atoms with Gasteiger partial charge < -0.3 is 4.74 Å². The van der Waals surface area contributed by atoms with Crippen LogP contribution in [-0.4, -0.2) is 41.6 Å². The molecular weight excluding hydrogens is 228 g/mol. The molecule has 0 heterocycles. The van der Waals surface area contributed by atoms with E-state index in [1.807, 2.05) is 0 Å². The maximum Gasteiger partial charge on any atom is 0.393 e. The highest BCUT2D eigenvalue weighted by Crippen LogP contribution is 2.20. The van der Waals surface area contributed by atoms with Crippen LogP contribution in [0.4, 0.5) is 0 Å². The Balaban J connectivity index is 4.64. The number of esters is 1. The first-order chi connectivity index (χ1) is 8.28. The SMILES string of the molecule is [C-]#[N+]C(C)(CCN(C(C)C)C(C)C)C(=O)OCC. The summed E-state index contributed by atoms with van der Waals surface area (Å²) < 4.78 is 4.98. The zero-order valence-electron chi connectivity index (χ0n) is 12.5. The zero-order valence-corrected chi connectivity index (χ0v) is 12.5. The second-order valence-corrected chi connectivity index (χ2v) is 5.28. The number of ether oxygens (including phenoxy) is 1. The van der Waals surface area contributed by atoms with Crippen LogP contribution in [0.5, 0.6) is 0 Å². The Hall–Kier alpha value is -1.08. The van der Waals surface area contributed by atoms with Crippen molar-refractivity contribution in [3.8, 4) is 0 Å². The molecule has 0 N–H and O–H groups in total. The summed E-state index contributed by atoms with van der Waals surface area (Å²) >= 11 is 0. The first kappa shape index (κ1) is 16.9. The lowest BCUT2D eigenvalue weighted by Gasteiger charge is -2.31. The van der Waals surface area contributed by atoms with E-state index in [-0.39, 0.29) is 0 Å². The van der Waals surface area contributed by atoms with Crippen LogP contribution in [0.25, 0.3) is 4.85 Å². The second-order valence-electron chi connectivity index (χ2n) is 5.28. The van der Waals surface area contributed by atoms with Gasteiger partial charge in [-0.05, 0) is 34.6 Å².